The van der Waals surface area contributed by atoms with Gasteiger partial charge in [0.2, 0.25) is 0 Å². The first-order chi connectivity index (χ1) is 14.4. The molecule has 154 valence electrons. The Balaban J connectivity index is 1.49. The van der Waals surface area contributed by atoms with Crippen molar-refractivity contribution in [3.05, 3.63) is 61.4 Å². The number of rotatable bonds is 5. The van der Waals surface area contributed by atoms with E-state index in [-0.39, 0.29) is 5.91 Å². The number of thiazole rings is 1. The van der Waals surface area contributed by atoms with Crippen molar-refractivity contribution in [3.8, 4) is 11.8 Å². The molecule has 2 heterocycles. The summed E-state index contributed by atoms with van der Waals surface area (Å²) in [4.78, 5) is 19.2. The van der Waals surface area contributed by atoms with E-state index in [1.807, 2.05) is 38.1 Å². The summed E-state index contributed by atoms with van der Waals surface area (Å²) in [5.74, 6) is 1.19. The lowest BCUT2D eigenvalue weighted by atomic mass is 9.89. The maximum Gasteiger partial charge on any atom is 0.268 e. The van der Waals surface area contributed by atoms with Crippen LogP contribution in [0.2, 0.25) is 0 Å². The minimum absolute atomic E-state index is 0.213. The van der Waals surface area contributed by atoms with Gasteiger partial charge in [0, 0.05) is 4.88 Å². The number of ether oxygens (including phenoxy) is 1. The summed E-state index contributed by atoms with van der Waals surface area (Å²) in [7, 11) is 0. The number of aryl methyl sites for hydroxylation is 2. The normalized spacial score (nSPS) is 15.3. The second kappa shape index (κ2) is 8.58. The van der Waals surface area contributed by atoms with Crippen LogP contribution in [0, 0.1) is 31.1 Å². The second-order valence-corrected chi connectivity index (χ2v) is 9.94. The van der Waals surface area contributed by atoms with E-state index in [0.717, 1.165) is 41.1 Å². The Morgan fingerprint density at radius 1 is 1.37 bits per heavy atom. The monoisotopic (exact) mass is 437 g/mol. The number of nitriles is 1. The Labute approximate surface area is 184 Å². The highest BCUT2D eigenvalue weighted by atomic mass is 32.1. The minimum Gasteiger partial charge on any atom is -0.486 e. The zero-order valence-electron chi connectivity index (χ0n) is 17.2. The molecule has 0 saturated heterocycles. The number of hydrogen-bond acceptors (Lipinski definition) is 6. The molecule has 1 aromatic carbocycles. The average molecular weight is 438 g/mol. The number of carbonyl (C=O) groups is 1. The number of anilines is 1. The summed E-state index contributed by atoms with van der Waals surface area (Å²) in [6, 6.07) is 10.1. The average Bonchev–Trinajstić information content (AvgIpc) is 3.25. The third-order valence-electron chi connectivity index (χ3n) is 5.25. The molecule has 30 heavy (non-hydrogen) atoms. The molecule has 7 heteroatoms. The maximum absolute atomic E-state index is 12.9. The Hall–Kier alpha value is -2.69. The molecule has 1 N–H and O–H groups in total. The van der Waals surface area contributed by atoms with Crippen LogP contribution in [0.5, 0.6) is 5.75 Å². The molecule has 0 unspecified atom stereocenters. The van der Waals surface area contributed by atoms with Gasteiger partial charge in [-0.15, -0.1) is 22.7 Å². The quantitative estimate of drug-likeness (QED) is 0.560. The largest absolute Gasteiger partial charge is 0.486 e. The predicted octanol–water partition coefficient (Wildman–Crippen LogP) is 5.65. The fraction of sp³-hybridized carbons (Fsp3) is 0.348. The van der Waals surface area contributed by atoms with Crippen LogP contribution in [-0.4, -0.2) is 10.9 Å². The van der Waals surface area contributed by atoms with E-state index in [2.05, 4.69) is 23.3 Å². The summed E-state index contributed by atoms with van der Waals surface area (Å²) < 4.78 is 5.82. The lowest BCUT2D eigenvalue weighted by Gasteiger charge is -2.17. The first-order valence-electron chi connectivity index (χ1n) is 9.96. The van der Waals surface area contributed by atoms with Gasteiger partial charge < -0.3 is 10.1 Å². The van der Waals surface area contributed by atoms with E-state index in [0.29, 0.717) is 33.7 Å². The first-order valence-corrected chi connectivity index (χ1v) is 11.6. The van der Waals surface area contributed by atoms with Gasteiger partial charge in [-0.25, -0.2) is 4.98 Å². The van der Waals surface area contributed by atoms with Crippen molar-refractivity contribution in [3.63, 3.8) is 0 Å². The highest BCUT2D eigenvalue weighted by molar-refractivity contribution is 7.17. The molecular weight excluding hydrogens is 414 g/mol. The standard InChI is InChI=1S/C23H23N3O2S2/c1-13-5-4-6-16(9-13)28-12-20-25-15(3)21(30-20)22(27)26-23-18(11-24)17-8-7-14(2)10-19(17)29-23/h4-6,9,14H,7-8,10,12H2,1-3H3,(H,26,27)/t14-/m1/s1. The predicted molar refractivity (Wildman–Crippen MR) is 121 cm³/mol. The molecule has 1 atom stereocenters. The van der Waals surface area contributed by atoms with Crippen molar-refractivity contribution in [1.82, 2.24) is 4.98 Å². The molecule has 1 aliphatic carbocycles. The van der Waals surface area contributed by atoms with Crippen molar-refractivity contribution in [2.45, 2.75) is 46.6 Å². The number of aromatic nitrogens is 1. The molecule has 5 nitrogen and oxygen atoms in total. The molecule has 0 aliphatic heterocycles. The van der Waals surface area contributed by atoms with Crippen LogP contribution in [0.4, 0.5) is 5.00 Å². The van der Waals surface area contributed by atoms with Crippen LogP contribution in [-0.2, 0) is 19.4 Å². The van der Waals surface area contributed by atoms with E-state index >= 15 is 0 Å². The number of nitrogens with zero attached hydrogens (tertiary/aromatic N) is 2. The number of thiophene rings is 1. The van der Waals surface area contributed by atoms with Gasteiger partial charge in [-0.3, -0.25) is 4.79 Å². The van der Waals surface area contributed by atoms with Gasteiger partial charge in [0.1, 0.15) is 33.3 Å². The van der Waals surface area contributed by atoms with Crippen LogP contribution >= 0.6 is 22.7 Å². The highest BCUT2D eigenvalue weighted by Crippen LogP contribution is 2.39. The van der Waals surface area contributed by atoms with Gasteiger partial charge in [-0.2, -0.15) is 5.26 Å². The van der Waals surface area contributed by atoms with E-state index in [4.69, 9.17) is 4.74 Å². The number of hydrogen-bond donors (Lipinski definition) is 1. The Morgan fingerprint density at radius 2 is 2.20 bits per heavy atom. The van der Waals surface area contributed by atoms with Gasteiger partial charge in [-0.05, 0) is 62.3 Å². The first kappa shape index (κ1) is 20.6. The van der Waals surface area contributed by atoms with Crippen molar-refractivity contribution in [1.29, 1.82) is 5.26 Å². The molecular formula is C23H23N3O2S2. The number of nitrogens with one attached hydrogen (secondary N) is 1. The van der Waals surface area contributed by atoms with Crippen molar-refractivity contribution in [2.24, 2.45) is 5.92 Å². The fourth-order valence-electron chi connectivity index (χ4n) is 3.69. The van der Waals surface area contributed by atoms with Gasteiger partial charge in [0.05, 0.1) is 11.3 Å². The third-order valence-corrected chi connectivity index (χ3v) is 7.55. The van der Waals surface area contributed by atoms with Crippen molar-refractivity contribution < 1.29 is 9.53 Å². The topological polar surface area (TPSA) is 75.0 Å². The molecule has 1 amide bonds. The van der Waals surface area contributed by atoms with Gasteiger partial charge in [0.25, 0.3) is 5.91 Å². The lowest BCUT2D eigenvalue weighted by molar-refractivity contribution is 0.103. The van der Waals surface area contributed by atoms with Gasteiger partial charge in [0.15, 0.2) is 0 Å². The Bertz CT molecular complexity index is 1140. The summed E-state index contributed by atoms with van der Waals surface area (Å²) in [5.41, 5.74) is 3.54. The summed E-state index contributed by atoms with van der Waals surface area (Å²) in [6.45, 7) is 6.39. The number of benzene rings is 1. The molecule has 0 spiro atoms. The molecule has 0 bridgehead atoms. The zero-order chi connectivity index (χ0) is 21.3. The summed E-state index contributed by atoms with van der Waals surface area (Å²) in [5, 5.41) is 14.0. The summed E-state index contributed by atoms with van der Waals surface area (Å²) in [6.07, 6.45) is 2.97. The SMILES string of the molecule is Cc1cccc(OCc2nc(C)c(C(=O)Nc3sc4c(c3C#N)CC[C@@H](C)C4)s2)c1. The number of carbonyl (C=O) groups excluding carboxylic acids is 1. The third kappa shape index (κ3) is 4.25. The minimum atomic E-state index is -0.213. The lowest BCUT2D eigenvalue weighted by Crippen LogP contribution is -2.12. The number of amides is 1. The van der Waals surface area contributed by atoms with Crippen molar-refractivity contribution in [2.75, 3.05) is 5.32 Å². The Morgan fingerprint density at radius 3 is 2.97 bits per heavy atom. The van der Waals surface area contributed by atoms with Crippen LogP contribution in [0.15, 0.2) is 24.3 Å². The van der Waals surface area contributed by atoms with Crippen LogP contribution in [0.3, 0.4) is 0 Å². The summed E-state index contributed by atoms with van der Waals surface area (Å²) >= 11 is 2.87. The smallest absolute Gasteiger partial charge is 0.268 e. The molecule has 4 rings (SSSR count). The molecule has 0 fully saturated rings. The molecule has 1 aliphatic rings. The molecule has 3 aromatic rings. The van der Waals surface area contributed by atoms with E-state index < -0.39 is 0 Å². The van der Waals surface area contributed by atoms with E-state index in [9.17, 15) is 10.1 Å². The van der Waals surface area contributed by atoms with Gasteiger partial charge >= 0.3 is 0 Å². The Kier molecular flexibility index (Phi) is 5.89. The zero-order valence-corrected chi connectivity index (χ0v) is 18.9. The maximum atomic E-state index is 12.9. The molecule has 0 radical (unpaired) electrons. The second-order valence-electron chi connectivity index (χ2n) is 7.75. The molecule has 0 saturated carbocycles. The van der Waals surface area contributed by atoms with Crippen molar-refractivity contribution >= 4 is 33.6 Å². The van der Waals surface area contributed by atoms with Crippen LogP contribution < -0.4 is 10.1 Å². The van der Waals surface area contributed by atoms with E-state index in [1.165, 1.54) is 27.6 Å². The van der Waals surface area contributed by atoms with E-state index in [1.54, 1.807) is 0 Å². The number of fused-ring (bicyclic) bond motifs is 1. The van der Waals surface area contributed by atoms with Gasteiger partial charge in [-0.1, -0.05) is 19.1 Å². The van der Waals surface area contributed by atoms with Crippen LogP contribution in [0.25, 0.3) is 0 Å². The van der Waals surface area contributed by atoms with Crippen LogP contribution in [0.1, 0.15) is 55.3 Å². The fourth-order valence-corrected chi connectivity index (χ4v) is 5.92. The highest BCUT2D eigenvalue weighted by Gasteiger charge is 2.25. The molecule has 2 aromatic heterocycles.